The fraction of sp³-hybridized carbons (Fsp3) is 0.591. The quantitative estimate of drug-likeness (QED) is 0.315. The van der Waals surface area contributed by atoms with Crippen LogP contribution in [-0.2, 0) is 0 Å². The van der Waals surface area contributed by atoms with Crippen molar-refractivity contribution in [3.63, 3.8) is 0 Å². The van der Waals surface area contributed by atoms with Gasteiger partial charge < -0.3 is 0 Å². The fourth-order valence-corrected chi connectivity index (χ4v) is 1.90. The highest BCUT2D eigenvalue weighted by Crippen LogP contribution is 2.13. The van der Waals surface area contributed by atoms with Crippen LogP contribution in [0.25, 0.3) is 0 Å². The van der Waals surface area contributed by atoms with Crippen molar-refractivity contribution in [1.29, 1.82) is 0 Å². The van der Waals surface area contributed by atoms with Gasteiger partial charge in [0.05, 0.1) is 0 Å². The summed E-state index contributed by atoms with van der Waals surface area (Å²) in [6, 6.07) is 0. The first-order chi connectivity index (χ1) is 10.9. The molecule has 132 valence electrons. The summed E-state index contributed by atoms with van der Waals surface area (Å²) in [6.45, 7) is 17.1. The molecule has 0 amide bonds. The van der Waals surface area contributed by atoms with Crippen LogP contribution < -0.4 is 0 Å². The molecule has 0 N–H and O–H groups in total. The predicted molar refractivity (Wildman–Crippen MR) is 109 cm³/mol. The molecule has 0 saturated heterocycles. The van der Waals surface area contributed by atoms with E-state index in [1.807, 2.05) is 13.1 Å². The molecule has 0 rings (SSSR count). The molecule has 0 aliphatic rings. The molecule has 0 aromatic rings. The maximum absolute atomic E-state index is 4.04. The summed E-state index contributed by atoms with van der Waals surface area (Å²) < 4.78 is 0. The van der Waals surface area contributed by atoms with Crippen molar-refractivity contribution < 1.29 is 0 Å². The van der Waals surface area contributed by atoms with E-state index in [0.717, 1.165) is 12.3 Å². The van der Waals surface area contributed by atoms with Gasteiger partial charge in [-0.05, 0) is 37.2 Å². The van der Waals surface area contributed by atoms with Crippen LogP contribution in [0.4, 0.5) is 0 Å². The monoisotopic (exact) mass is 317 g/mol. The van der Waals surface area contributed by atoms with Gasteiger partial charge in [-0.3, -0.25) is 4.99 Å². The van der Waals surface area contributed by atoms with Gasteiger partial charge in [0.2, 0.25) is 0 Å². The molecule has 1 nitrogen and oxygen atoms in total. The molecule has 0 spiro atoms. The summed E-state index contributed by atoms with van der Waals surface area (Å²) in [5.41, 5.74) is 2.54. The first-order valence-corrected chi connectivity index (χ1v) is 9.02. The molecule has 0 heterocycles. The van der Waals surface area contributed by atoms with Crippen molar-refractivity contribution >= 4 is 6.21 Å². The summed E-state index contributed by atoms with van der Waals surface area (Å²) in [5, 5.41) is 0. The van der Waals surface area contributed by atoms with E-state index >= 15 is 0 Å². The molecule has 0 aromatic carbocycles. The Morgan fingerprint density at radius 1 is 1.13 bits per heavy atom. The molecule has 0 aliphatic carbocycles. The Kier molecular flexibility index (Phi) is 17.6. The van der Waals surface area contributed by atoms with Gasteiger partial charge in [0.15, 0.2) is 0 Å². The van der Waals surface area contributed by atoms with E-state index in [-0.39, 0.29) is 0 Å². The lowest BCUT2D eigenvalue weighted by molar-refractivity contribution is 0.563. The number of hydrogen-bond donors (Lipinski definition) is 0. The van der Waals surface area contributed by atoms with E-state index in [4.69, 9.17) is 0 Å². The highest BCUT2D eigenvalue weighted by molar-refractivity contribution is 5.78. The second kappa shape index (κ2) is 17.0. The molecule has 1 unspecified atom stereocenters. The number of hydrogen-bond acceptors (Lipinski definition) is 1. The standard InChI is InChI=1S/C14H24.C8H15N/c1-5-7-8-9-10-11-14(4)12-13(3)6-2;1-5-8(6-9-4)7(2)3/h8-11,13H,4-7,12H2,1-3H3;5-7H,1-4H3/b9-8-,11-10-;8-5+,9-6?. The third kappa shape index (κ3) is 16.8. The minimum atomic E-state index is 0.596. The van der Waals surface area contributed by atoms with Crippen LogP contribution in [0.2, 0.25) is 0 Å². The Morgan fingerprint density at radius 3 is 2.17 bits per heavy atom. The third-order valence-electron chi connectivity index (χ3n) is 3.62. The normalized spacial score (nSPS) is 13.8. The Bertz CT molecular complexity index is 394. The summed E-state index contributed by atoms with van der Waals surface area (Å²) >= 11 is 0. The Labute approximate surface area is 146 Å². The van der Waals surface area contributed by atoms with Crippen molar-refractivity contribution in [1.82, 2.24) is 0 Å². The van der Waals surface area contributed by atoms with Crippen LogP contribution >= 0.6 is 0 Å². The number of rotatable bonds is 9. The van der Waals surface area contributed by atoms with Crippen LogP contribution in [-0.4, -0.2) is 13.3 Å². The second-order valence-corrected chi connectivity index (χ2v) is 6.28. The highest BCUT2D eigenvalue weighted by atomic mass is 14.6. The third-order valence-corrected chi connectivity index (χ3v) is 3.62. The van der Waals surface area contributed by atoms with Gasteiger partial charge in [0, 0.05) is 13.3 Å². The first kappa shape index (κ1) is 23.9. The summed E-state index contributed by atoms with van der Waals surface area (Å²) in [6.07, 6.45) is 17.3. The van der Waals surface area contributed by atoms with Crippen LogP contribution in [0.3, 0.4) is 0 Å². The number of unbranched alkanes of at least 4 members (excludes halogenated alkanes) is 1. The SMILES string of the molecule is C/C=C(\C=NC)C(C)C.C=C(/C=C\C=C/CCC)CC(C)CC. The van der Waals surface area contributed by atoms with Crippen LogP contribution in [0, 0.1) is 11.8 Å². The minimum Gasteiger partial charge on any atom is -0.296 e. The molecule has 0 saturated carbocycles. The largest absolute Gasteiger partial charge is 0.296 e. The van der Waals surface area contributed by atoms with E-state index in [9.17, 15) is 0 Å². The Balaban J connectivity index is 0. The first-order valence-electron chi connectivity index (χ1n) is 9.02. The minimum absolute atomic E-state index is 0.596. The molecular formula is C22H39N. The highest BCUT2D eigenvalue weighted by Gasteiger charge is 1.98. The van der Waals surface area contributed by atoms with Gasteiger partial charge in [0.25, 0.3) is 0 Å². The smallest absolute Gasteiger partial charge is 0.0277 e. The maximum atomic E-state index is 4.04. The van der Waals surface area contributed by atoms with Gasteiger partial charge >= 0.3 is 0 Å². The van der Waals surface area contributed by atoms with Crippen molar-refractivity contribution in [2.45, 2.75) is 67.2 Å². The van der Waals surface area contributed by atoms with Gasteiger partial charge in [-0.15, -0.1) is 0 Å². The maximum Gasteiger partial charge on any atom is 0.0277 e. The zero-order valence-corrected chi connectivity index (χ0v) is 16.6. The zero-order valence-electron chi connectivity index (χ0n) is 16.6. The van der Waals surface area contributed by atoms with E-state index in [1.54, 1.807) is 7.05 Å². The lowest BCUT2D eigenvalue weighted by Gasteiger charge is -2.06. The number of allylic oxidation sites excluding steroid dienone is 7. The van der Waals surface area contributed by atoms with E-state index < -0.39 is 0 Å². The van der Waals surface area contributed by atoms with Gasteiger partial charge in [-0.2, -0.15) is 0 Å². The molecule has 0 radical (unpaired) electrons. The van der Waals surface area contributed by atoms with Crippen molar-refractivity contribution in [3.8, 4) is 0 Å². The van der Waals surface area contributed by atoms with Gasteiger partial charge in [-0.1, -0.05) is 90.0 Å². The zero-order chi connectivity index (χ0) is 18.1. The Hall–Kier alpha value is -1.37. The van der Waals surface area contributed by atoms with E-state index in [1.165, 1.54) is 30.4 Å². The summed E-state index contributed by atoms with van der Waals surface area (Å²) in [7, 11) is 1.80. The lowest BCUT2D eigenvalue weighted by atomic mass is 10.00. The van der Waals surface area contributed by atoms with Crippen molar-refractivity contribution in [3.05, 3.63) is 48.1 Å². The molecule has 1 atom stereocenters. The number of nitrogens with zero attached hydrogens (tertiary/aromatic N) is 1. The van der Waals surface area contributed by atoms with E-state index in [0.29, 0.717) is 5.92 Å². The molecule has 0 aliphatic heterocycles. The van der Waals surface area contributed by atoms with Crippen molar-refractivity contribution in [2.24, 2.45) is 16.8 Å². The average molecular weight is 318 g/mol. The molecule has 0 aromatic heterocycles. The average Bonchev–Trinajstić information content (AvgIpc) is 2.52. The van der Waals surface area contributed by atoms with Gasteiger partial charge in [0.1, 0.15) is 0 Å². The predicted octanol–water partition coefficient (Wildman–Crippen LogP) is 7.18. The fourth-order valence-electron chi connectivity index (χ4n) is 1.90. The van der Waals surface area contributed by atoms with Crippen LogP contribution in [0.5, 0.6) is 0 Å². The Morgan fingerprint density at radius 2 is 1.78 bits per heavy atom. The molecule has 1 heteroatoms. The van der Waals surface area contributed by atoms with Crippen LogP contribution in [0.15, 0.2) is 53.1 Å². The van der Waals surface area contributed by atoms with E-state index in [2.05, 4.69) is 76.6 Å². The molecular weight excluding hydrogens is 278 g/mol. The van der Waals surface area contributed by atoms with Crippen LogP contribution in [0.1, 0.15) is 67.2 Å². The second-order valence-electron chi connectivity index (χ2n) is 6.28. The number of aliphatic imine (C=N–C) groups is 1. The molecule has 23 heavy (non-hydrogen) atoms. The topological polar surface area (TPSA) is 12.4 Å². The molecule has 0 fully saturated rings. The lowest BCUT2D eigenvalue weighted by Crippen LogP contribution is -1.93. The van der Waals surface area contributed by atoms with Gasteiger partial charge in [-0.25, -0.2) is 0 Å². The summed E-state index contributed by atoms with van der Waals surface area (Å²) in [5.74, 6) is 1.35. The summed E-state index contributed by atoms with van der Waals surface area (Å²) in [4.78, 5) is 3.93. The molecule has 0 bridgehead atoms. The van der Waals surface area contributed by atoms with Crippen molar-refractivity contribution in [2.75, 3.05) is 7.05 Å².